The summed E-state index contributed by atoms with van der Waals surface area (Å²) < 4.78 is 18.1. The lowest BCUT2D eigenvalue weighted by Gasteiger charge is -2.23. The molecule has 184 valence electrons. The van der Waals surface area contributed by atoms with Crippen LogP contribution < -0.4 is 4.74 Å². The number of esters is 2. The molecule has 1 saturated heterocycles. The molecule has 8 heteroatoms. The Kier molecular flexibility index (Phi) is 6.82. The molecule has 2 atom stereocenters. The Morgan fingerprint density at radius 2 is 1.86 bits per heavy atom. The Morgan fingerprint density at radius 3 is 2.49 bits per heavy atom. The van der Waals surface area contributed by atoms with Gasteiger partial charge in [0.15, 0.2) is 0 Å². The number of amides is 1. The lowest BCUT2D eigenvalue weighted by Crippen LogP contribution is -2.28. The molecule has 0 radical (unpaired) electrons. The topological polar surface area (TPSA) is 87.1 Å². The van der Waals surface area contributed by atoms with Crippen LogP contribution in [0.5, 0.6) is 5.75 Å². The average molecular weight is 479 g/mol. The van der Waals surface area contributed by atoms with Crippen LogP contribution in [0, 0.1) is 5.92 Å². The molecule has 8 nitrogen and oxygen atoms in total. The first-order valence-corrected chi connectivity index (χ1v) is 11.5. The second-order valence-electron chi connectivity index (χ2n) is 8.92. The summed E-state index contributed by atoms with van der Waals surface area (Å²) >= 11 is 0. The lowest BCUT2D eigenvalue weighted by atomic mass is 9.92. The highest BCUT2D eigenvalue weighted by Gasteiger charge is 2.38. The molecule has 2 unspecified atom stereocenters. The van der Waals surface area contributed by atoms with E-state index in [0.29, 0.717) is 30.7 Å². The highest BCUT2D eigenvalue weighted by molar-refractivity contribution is 5.90. The molecule has 0 spiro atoms. The van der Waals surface area contributed by atoms with Crippen molar-refractivity contribution in [3.05, 3.63) is 64.8 Å². The predicted molar refractivity (Wildman–Crippen MR) is 130 cm³/mol. The maximum absolute atomic E-state index is 12.7. The van der Waals surface area contributed by atoms with Crippen molar-refractivity contribution in [2.24, 2.45) is 13.0 Å². The van der Waals surface area contributed by atoms with Gasteiger partial charge in [0.1, 0.15) is 11.9 Å². The van der Waals surface area contributed by atoms with Crippen LogP contribution >= 0.6 is 0 Å². The van der Waals surface area contributed by atoms with Gasteiger partial charge in [-0.15, -0.1) is 0 Å². The Balaban J connectivity index is 1.74. The number of methoxy groups -OCH3 is 2. The number of fused-ring (bicyclic) bond motifs is 1. The highest BCUT2D eigenvalue weighted by Crippen LogP contribution is 2.36. The maximum atomic E-state index is 12.7. The van der Waals surface area contributed by atoms with E-state index in [1.165, 1.54) is 14.0 Å². The molecular formula is C27H30N2O6. The van der Waals surface area contributed by atoms with Crippen LogP contribution in [-0.2, 0) is 32.5 Å². The molecule has 2 aromatic carbocycles. The number of benzene rings is 2. The minimum absolute atomic E-state index is 0.0138. The van der Waals surface area contributed by atoms with Gasteiger partial charge in [-0.2, -0.15) is 0 Å². The van der Waals surface area contributed by atoms with Crippen LogP contribution in [0.3, 0.4) is 0 Å². The van der Waals surface area contributed by atoms with Crippen molar-refractivity contribution in [1.29, 1.82) is 0 Å². The molecule has 0 N–H and O–H groups in total. The summed E-state index contributed by atoms with van der Waals surface area (Å²) in [5.74, 6) is -0.660. The van der Waals surface area contributed by atoms with Crippen molar-refractivity contribution in [2.75, 3.05) is 27.8 Å². The van der Waals surface area contributed by atoms with Crippen molar-refractivity contribution in [3.63, 3.8) is 0 Å². The third kappa shape index (κ3) is 4.73. The van der Waals surface area contributed by atoms with E-state index in [9.17, 15) is 14.4 Å². The number of nitrogens with zero attached hydrogens (tertiary/aromatic N) is 2. The van der Waals surface area contributed by atoms with Crippen molar-refractivity contribution >= 4 is 28.7 Å². The molecule has 4 rings (SSSR count). The number of carbonyl (C=O) groups is 3. The molecule has 0 saturated carbocycles. The molecular weight excluding hydrogens is 448 g/mol. The molecule has 1 aliphatic rings. The fourth-order valence-electron chi connectivity index (χ4n) is 4.84. The van der Waals surface area contributed by atoms with Crippen LogP contribution in [0.25, 0.3) is 10.9 Å². The number of rotatable bonds is 7. The third-order valence-corrected chi connectivity index (χ3v) is 6.64. The average Bonchev–Trinajstić information content (AvgIpc) is 3.34. The SMILES string of the molecule is COC(=O)c1ccc(Cc2cn(C)c3ccc(C(OC(C)=O)C4CCN(C)C4=O)cc23)c(OC)c1. The molecule has 1 aliphatic heterocycles. The van der Waals surface area contributed by atoms with Crippen LogP contribution in [0.15, 0.2) is 42.6 Å². The summed E-state index contributed by atoms with van der Waals surface area (Å²) in [6, 6.07) is 11.2. The van der Waals surface area contributed by atoms with E-state index >= 15 is 0 Å². The normalized spacial score (nSPS) is 16.4. The Bertz CT molecular complexity index is 1290. The van der Waals surface area contributed by atoms with Crippen LogP contribution in [0.1, 0.15) is 46.5 Å². The fourth-order valence-corrected chi connectivity index (χ4v) is 4.84. The zero-order chi connectivity index (χ0) is 25.3. The largest absolute Gasteiger partial charge is 0.496 e. The molecule has 0 aliphatic carbocycles. The first kappa shape index (κ1) is 24.3. The van der Waals surface area contributed by atoms with Gasteiger partial charge in [-0.3, -0.25) is 9.59 Å². The van der Waals surface area contributed by atoms with Gasteiger partial charge in [-0.1, -0.05) is 12.1 Å². The second kappa shape index (κ2) is 9.82. The zero-order valence-corrected chi connectivity index (χ0v) is 20.7. The monoisotopic (exact) mass is 478 g/mol. The smallest absolute Gasteiger partial charge is 0.337 e. The molecule has 35 heavy (non-hydrogen) atoms. The van der Waals surface area contributed by atoms with Gasteiger partial charge in [0.05, 0.1) is 25.7 Å². The van der Waals surface area contributed by atoms with Crippen LogP contribution in [0.4, 0.5) is 0 Å². The molecule has 2 heterocycles. The van der Waals surface area contributed by atoms with E-state index < -0.39 is 24.0 Å². The van der Waals surface area contributed by atoms with Crippen molar-refractivity contribution < 1.29 is 28.6 Å². The van der Waals surface area contributed by atoms with Crippen molar-refractivity contribution in [3.8, 4) is 5.75 Å². The van der Waals surface area contributed by atoms with Crippen molar-refractivity contribution in [2.45, 2.75) is 25.9 Å². The van der Waals surface area contributed by atoms with Gasteiger partial charge in [-0.05, 0) is 47.4 Å². The number of carbonyl (C=O) groups excluding carboxylic acids is 3. The van der Waals surface area contributed by atoms with Crippen molar-refractivity contribution in [1.82, 2.24) is 9.47 Å². The molecule has 0 bridgehead atoms. The van der Waals surface area contributed by atoms with Gasteiger partial charge < -0.3 is 23.7 Å². The van der Waals surface area contributed by atoms with Gasteiger partial charge in [0.25, 0.3) is 0 Å². The summed E-state index contributed by atoms with van der Waals surface area (Å²) in [6.45, 7) is 2.01. The maximum Gasteiger partial charge on any atom is 0.337 e. The van der Waals surface area contributed by atoms with E-state index in [1.807, 2.05) is 35.9 Å². The quantitative estimate of drug-likeness (QED) is 0.482. The first-order valence-electron chi connectivity index (χ1n) is 11.5. The Hall–Kier alpha value is -3.81. The van der Waals surface area contributed by atoms with Gasteiger partial charge in [0, 0.05) is 51.1 Å². The van der Waals surface area contributed by atoms with Crippen LogP contribution in [-0.4, -0.2) is 55.1 Å². The summed E-state index contributed by atoms with van der Waals surface area (Å²) in [6.07, 6.45) is 2.61. The highest BCUT2D eigenvalue weighted by atomic mass is 16.5. The van der Waals surface area contributed by atoms with Crippen LogP contribution in [0.2, 0.25) is 0 Å². The molecule has 1 fully saturated rings. The molecule has 1 amide bonds. The number of hydrogen-bond donors (Lipinski definition) is 0. The van der Waals surface area contributed by atoms with E-state index in [0.717, 1.165) is 27.6 Å². The number of aromatic nitrogens is 1. The molecule has 3 aromatic rings. The standard InChI is InChI=1S/C27H30N2O6/c1-16(30)35-25(21-10-11-28(2)26(21)31)18-8-9-23-22(13-18)20(15-29(23)3)12-17-6-7-19(27(32)34-5)14-24(17)33-4/h6-9,13-15,21,25H,10-12H2,1-5H3. The summed E-state index contributed by atoms with van der Waals surface area (Å²) in [7, 11) is 6.66. The van der Waals surface area contributed by atoms with Gasteiger partial charge >= 0.3 is 11.9 Å². The Labute approximate surface area is 204 Å². The Morgan fingerprint density at radius 1 is 1.09 bits per heavy atom. The lowest BCUT2D eigenvalue weighted by molar-refractivity contribution is -0.152. The van der Waals surface area contributed by atoms with Gasteiger partial charge in [-0.25, -0.2) is 4.79 Å². The van der Waals surface area contributed by atoms with Gasteiger partial charge in [0.2, 0.25) is 5.91 Å². The number of ether oxygens (including phenoxy) is 3. The molecule has 1 aromatic heterocycles. The summed E-state index contributed by atoms with van der Waals surface area (Å²) in [5.41, 5.74) is 4.20. The van der Waals surface area contributed by atoms with E-state index in [1.54, 1.807) is 31.2 Å². The number of aryl methyl sites for hydroxylation is 1. The van der Waals surface area contributed by atoms with E-state index in [-0.39, 0.29) is 5.91 Å². The van der Waals surface area contributed by atoms with E-state index in [2.05, 4.69) is 6.20 Å². The minimum Gasteiger partial charge on any atom is -0.496 e. The summed E-state index contributed by atoms with van der Waals surface area (Å²) in [4.78, 5) is 38.2. The second-order valence-corrected chi connectivity index (χ2v) is 8.92. The zero-order valence-electron chi connectivity index (χ0n) is 20.7. The summed E-state index contributed by atoms with van der Waals surface area (Å²) in [5, 5.41) is 1.00. The third-order valence-electron chi connectivity index (χ3n) is 6.64. The van der Waals surface area contributed by atoms with E-state index in [4.69, 9.17) is 14.2 Å². The number of hydrogen-bond acceptors (Lipinski definition) is 6. The first-order chi connectivity index (χ1) is 16.7. The predicted octanol–water partition coefficient (Wildman–Crippen LogP) is 3.65. The fraction of sp³-hybridized carbons (Fsp3) is 0.370. The minimum atomic E-state index is -0.642. The number of likely N-dealkylation sites (tertiary alicyclic amines) is 1.